The molecule has 1 fully saturated rings. The van der Waals surface area contributed by atoms with Crippen molar-refractivity contribution >= 4 is 16.8 Å². The number of hydrogen-bond donors (Lipinski definition) is 0. The number of amides is 1. The fraction of sp³-hybridized carbons (Fsp3) is 0.240. The number of benzene rings is 2. The van der Waals surface area contributed by atoms with Crippen LogP contribution in [0.15, 0.2) is 67.0 Å². The van der Waals surface area contributed by atoms with Crippen LogP contribution < -0.4 is 0 Å². The summed E-state index contributed by atoms with van der Waals surface area (Å²) >= 11 is 0. The second-order valence-electron chi connectivity index (χ2n) is 8.17. The van der Waals surface area contributed by atoms with Gasteiger partial charge in [-0.2, -0.15) is 5.10 Å². The Hall–Kier alpha value is -3.58. The minimum Gasteiger partial charge on any atom is -0.336 e. The summed E-state index contributed by atoms with van der Waals surface area (Å²) < 4.78 is 15.5. The van der Waals surface area contributed by atoms with Gasteiger partial charge in [0.25, 0.3) is 5.91 Å². The summed E-state index contributed by atoms with van der Waals surface area (Å²) in [5, 5.41) is 5.16. The first-order valence-electron chi connectivity index (χ1n) is 10.7. The maximum absolute atomic E-state index is 13.6. The summed E-state index contributed by atoms with van der Waals surface area (Å²) in [4.78, 5) is 21.8. The Morgan fingerprint density at radius 1 is 1.03 bits per heavy atom. The lowest BCUT2D eigenvalue weighted by Crippen LogP contribution is -2.48. The third kappa shape index (κ3) is 4.11. The summed E-state index contributed by atoms with van der Waals surface area (Å²) in [6.45, 7) is 5.50. The summed E-state index contributed by atoms with van der Waals surface area (Å²) in [7, 11) is 0. The maximum Gasteiger partial charge on any atom is 0.254 e. The van der Waals surface area contributed by atoms with Crippen LogP contribution in [0.4, 0.5) is 4.39 Å². The number of aryl methyl sites for hydroxylation is 1. The Morgan fingerprint density at radius 3 is 2.59 bits per heavy atom. The third-order valence-corrected chi connectivity index (χ3v) is 5.85. The van der Waals surface area contributed by atoms with Crippen LogP contribution >= 0.6 is 0 Å². The molecule has 4 aromatic rings. The van der Waals surface area contributed by atoms with Crippen LogP contribution in [0.3, 0.4) is 0 Å². The molecule has 1 aliphatic heterocycles. The van der Waals surface area contributed by atoms with E-state index in [0.717, 1.165) is 30.9 Å². The molecule has 32 heavy (non-hydrogen) atoms. The van der Waals surface area contributed by atoms with Gasteiger partial charge in [-0.05, 0) is 37.3 Å². The average Bonchev–Trinajstić information content (AvgIpc) is 3.27. The van der Waals surface area contributed by atoms with Gasteiger partial charge in [0.15, 0.2) is 0 Å². The van der Waals surface area contributed by atoms with E-state index in [1.165, 1.54) is 12.1 Å². The van der Waals surface area contributed by atoms with Crippen molar-refractivity contribution in [2.75, 3.05) is 26.2 Å². The summed E-state index contributed by atoms with van der Waals surface area (Å²) in [6, 6.07) is 16.2. The fourth-order valence-corrected chi connectivity index (χ4v) is 4.21. The number of fused-ring (bicyclic) bond motifs is 1. The number of carbonyl (C=O) groups excluding carboxylic acids is 1. The molecule has 0 aliphatic carbocycles. The van der Waals surface area contributed by atoms with Crippen LogP contribution in [-0.2, 0) is 6.54 Å². The van der Waals surface area contributed by atoms with Gasteiger partial charge >= 0.3 is 0 Å². The minimum atomic E-state index is -0.349. The van der Waals surface area contributed by atoms with E-state index in [1.807, 2.05) is 53.0 Å². The van der Waals surface area contributed by atoms with Crippen molar-refractivity contribution in [2.45, 2.75) is 13.5 Å². The number of halogens is 1. The Balaban J connectivity index is 1.25. The first kappa shape index (κ1) is 20.3. The largest absolute Gasteiger partial charge is 0.336 e. The summed E-state index contributed by atoms with van der Waals surface area (Å²) in [5.74, 6) is -0.373. The number of rotatable bonds is 4. The lowest BCUT2D eigenvalue weighted by molar-refractivity contribution is 0.0630. The second kappa shape index (κ2) is 8.51. The van der Waals surface area contributed by atoms with Crippen molar-refractivity contribution in [3.8, 4) is 5.69 Å². The summed E-state index contributed by atoms with van der Waals surface area (Å²) in [5.41, 5.74) is 3.99. The van der Waals surface area contributed by atoms with Crippen LogP contribution in [0.5, 0.6) is 0 Å². The molecule has 7 heteroatoms. The van der Waals surface area contributed by atoms with Crippen LogP contribution in [0.25, 0.3) is 16.6 Å². The predicted molar refractivity (Wildman–Crippen MR) is 121 cm³/mol. The fourth-order valence-electron chi connectivity index (χ4n) is 4.21. The molecular formula is C25H24FN5O. The lowest BCUT2D eigenvalue weighted by atomic mass is 10.1. The van der Waals surface area contributed by atoms with E-state index in [0.29, 0.717) is 35.2 Å². The van der Waals surface area contributed by atoms with Crippen molar-refractivity contribution in [3.63, 3.8) is 0 Å². The molecule has 1 amide bonds. The van der Waals surface area contributed by atoms with Gasteiger partial charge in [-0.3, -0.25) is 14.7 Å². The molecule has 0 spiro atoms. The Morgan fingerprint density at radius 2 is 1.81 bits per heavy atom. The van der Waals surface area contributed by atoms with Crippen LogP contribution in [0.1, 0.15) is 21.6 Å². The minimum absolute atomic E-state index is 0.0244. The van der Waals surface area contributed by atoms with Gasteiger partial charge in [-0.15, -0.1) is 0 Å². The van der Waals surface area contributed by atoms with Crippen molar-refractivity contribution in [3.05, 3.63) is 89.6 Å². The number of nitrogens with zero attached hydrogens (tertiary/aromatic N) is 5. The molecule has 0 N–H and O–H groups in total. The number of piperazine rings is 1. The van der Waals surface area contributed by atoms with Crippen molar-refractivity contribution in [1.29, 1.82) is 0 Å². The van der Waals surface area contributed by atoms with Gasteiger partial charge < -0.3 is 4.90 Å². The first-order chi connectivity index (χ1) is 15.6. The van der Waals surface area contributed by atoms with E-state index in [4.69, 9.17) is 0 Å². The van der Waals surface area contributed by atoms with Crippen LogP contribution in [0, 0.1) is 12.7 Å². The molecule has 2 aromatic heterocycles. The molecule has 0 atom stereocenters. The van der Waals surface area contributed by atoms with E-state index in [-0.39, 0.29) is 11.7 Å². The highest BCUT2D eigenvalue weighted by molar-refractivity contribution is 6.06. The van der Waals surface area contributed by atoms with E-state index in [1.54, 1.807) is 12.1 Å². The zero-order valence-electron chi connectivity index (χ0n) is 17.9. The lowest BCUT2D eigenvalue weighted by Gasteiger charge is -2.34. The number of pyridine rings is 1. The Bertz CT molecular complexity index is 1260. The van der Waals surface area contributed by atoms with Crippen LogP contribution in [0.2, 0.25) is 0 Å². The highest BCUT2D eigenvalue weighted by atomic mass is 19.1. The van der Waals surface area contributed by atoms with Gasteiger partial charge in [-0.25, -0.2) is 9.07 Å². The molecule has 2 aromatic carbocycles. The van der Waals surface area contributed by atoms with Crippen LogP contribution in [-0.4, -0.2) is 56.7 Å². The van der Waals surface area contributed by atoms with Crippen molar-refractivity contribution < 1.29 is 9.18 Å². The molecule has 1 saturated heterocycles. The average molecular weight is 429 g/mol. The van der Waals surface area contributed by atoms with E-state index >= 15 is 0 Å². The van der Waals surface area contributed by atoms with Crippen molar-refractivity contribution in [2.24, 2.45) is 0 Å². The molecular weight excluding hydrogens is 405 g/mol. The van der Waals surface area contributed by atoms with Gasteiger partial charge in [0.1, 0.15) is 5.82 Å². The zero-order chi connectivity index (χ0) is 22.1. The molecule has 162 valence electrons. The molecule has 3 heterocycles. The number of hydrogen-bond acceptors (Lipinski definition) is 4. The van der Waals surface area contributed by atoms with E-state index in [2.05, 4.69) is 21.2 Å². The van der Waals surface area contributed by atoms with Gasteiger partial charge in [0, 0.05) is 61.6 Å². The SMILES string of the molecule is Cc1cc(C(=O)N2CCN(Cc3cnn(-c4ccccc4)c3)CC2)c2ccc(F)cc2n1. The van der Waals surface area contributed by atoms with Gasteiger partial charge in [0.05, 0.1) is 23.0 Å². The van der Waals surface area contributed by atoms with E-state index < -0.39 is 0 Å². The topological polar surface area (TPSA) is 54.3 Å². The summed E-state index contributed by atoms with van der Waals surface area (Å²) in [6.07, 6.45) is 3.95. The molecule has 0 unspecified atom stereocenters. The second-order valence-corrected chi connectivity index (χ2v) is 8.17. The van der Waals surface area contributed by atoms with E-state index in [9.17, 15) is 9.18 Å². The van der Waals surface area contributed by atoms with Gasteiger partial charge in [-0.1, -0.05) is 18.2 Å². The molecule has 1 aliphatic rings. The van der Waals surface area contributed by atoms with Crippen molar-refractivity contribution in [1.82, 2.24) is 24.6 Å². The highest BCUT2D eigenvalue weighted by Gasteiger charge is 2.24. The quantitative estimate of drug-likeness (QED) is 0.495. The number of para-hydroxylation sites is 1. The third-order valence-electron chi connectivity index (χ3n) is 5.85. The van der Waals surface area contributed by atoms with Gasteiger partial charge in [0.2, 0.25) is 0 Å². The highest BCUT2D eigenvalue weighted by Crippen LogP contribution is 2.22. The number of carbonyl (C=O) groups is 1. The molecule has 6 nitrogen and oxygen atoms in total. The molecule has 0 radical (unpaired) electrons. The standard InChI is InChI=1S/C25H24FN5O/c1-18-13-23(22-8-7-20(26)14-24(22)28-18)25(32)30-11-9-29(10-12-30)16-19-15-27-31(17-19)21-5-3-2-4-6-21/h2-8,13-15,17H,9-12,16H2,1H3. The Kier molecular flexibility index (Phi) is 5.41. The number of aromatic nitrogens is 3. The predicted octanol–water partition coefficient (Wildman–Crippen LogP) is 3.83. The normalized spacial score (nSPS) is 14.8. The molecule has 5 rings (SSSR count). The molecule has 0 bridgehead atoms. The smallest absolute Gasteiger partial charge is 0.254 e. The maximum atomic E-state index is 13.6. The first-order valence-corrected chi connectivity index (χ1v) is 10.7. The molecule has 0 saturated carbocycles. The Labute approximate surface area is 185 Å². The zero-order valence-corrected chi connectivity index (χ0v) is 17.9. The monoisotopic (exact) mass is 429 g/mol.